The first-order chi connectivity index (χ1) is 13.1. The number of amides is 1. The molecule has 2 bridgehead atoms. The Kier molecular flexibility index (Phi) is 4.81. The third-order valence-corrected chi connectivity index (χ3v) is 4.70. The summed E-state index contributed by atoms with van der Waals surface area (Å²) in [4.78, 5) is 18.7. The first-order valence-corrected chi connectivity index (χ1v) is 9.00. The van der Waals surface area contributed by atoms with Crippen molar-refractivity contribution in [3.63, 3.8) is 0 Å². The van der Waals surface area contributed by atoms with Gasteiger partial charge in [-0.05, 0) is 48.9 Å². The van der Waals surface area contributed by atoms with Crippen molar-refractivity contribution in [3.05, 3.63) is 59.5 Å². The molecule has 0 saturated heterocycles. The van der Waals surface area contributed by atoms with Crippen LogP contribution in [-0.4, -0.2) is 30.6 Å². The second-order valence-corrected chi connectivity index (χ2v) is 6.65. The SMILES string of the molecule is O=C1CN(c2ccc(F)c(Cl)c2)c2ccnc3ccc(cc23)OCCCN1. The van der Waals surface area contributed by atoms with Gasteiger partial charge in [0.2, 0.25) is 5.91 Å². The lowest BCUT2D eigenvalue weighted by Crippen LogP contribution is -2.36. The smallest absolute Gasteiger partial charge is 0.239 e. The molecule has 0 fully saturated rings. The van der Waals surface area contributed by atoms with Crippen LogP contribution in [0.3, 0.4) is 0 Å². The Balaban J connectivity index is 1.90. The fourth-order valence-electron chi connectivity index (χ4n) is 3.09. The minimum Gasteiger partial charge on any atom is -0.494 e. The molecule has 138 valence electrons. The highest BCUT2D eigenvalue weighted by atomic mass is 35.5. The van der Waals surface area contributed by atoms with Gasteiger partial charge in [-0.3, -0.25) is 9.78 Å². The van der Waals surface area contributed by atoms with Crippen LogP contribution in [0.2, 0.25) is 5.02 Å². The molecule has 0 radical (unpaired) electrons. The van der Waals surface area contributed by atoms with Crippen LogP contribution in [0.4, 0.5) is 15.8 Å². The fraction of sp³-hybridized carbons (Fsp3) is 0.200. The van der Waals surface area contributed by atoms with Crippen LogP contribution in [0.15, 0.2) is 48.7 Å². The van der Waals surface area contributed by atoms with E-state index in [2.05, 4.69) is 10.3 Å². The summed E-state index contributed by atoms with van der Waals surface area (Å²) in [5.74, 6) is 0.0902. The maximum Gasteiger partial charge on any atom is 0.239 e. The van der Waals surface area contributed by atoms with Gasteiger partial charge in [0.25, 0.3) is 0 Å². The molecule has 1 aliphatic rings. The molecule has 2 heterocycles. The Morgan fingerprint density at radius 1 is 1.19 bits per heavy atom. The van der Waals surface area contributed by atoms with Crippen molar-refractivity contribution >= 4 is 39.8 Å². The maximum atomic E-state index is 13.7. The Morgan fingerprint density at radius 3 is 2.93 bits per heavy atom. The monoisotopic (exact) mass is 385 g/mol. The number of rotatable bonds is 1. The predicted molar refractivity (Wildman–Crippen MR) is 103 cm³/mol. The zero-order chi connectivity index (χ0) is 18.8. The number of ether oxygens (including phenoxy) is 1. The van der Waals surface area contributed by atoms with Crippen LogP contribution in [0.1, 0.15) is 6.42 Å². The summed E-state index contributed by atoms with van der Waals surface area (Å²) in [6.07, 6.45) is 2.38. The van der Waals surface area contributed by atoms with E-state index in [1.165, 1.54) is 12.1 Å². The third kappa shape index (κ3) is 3.66. The number of pyridine rings is 1. The summed E-state index contributed by atoms with van der Waals surface area (Å²) in [5, 5.41) is 3.72. The zero-order valence-corrected chi connectivity index (χ0v) is 15.2. The summed E-state index contributed by atoms with van der Waals surface area (Å²) in [6.45, 7) is 1.10. The van der Waals surface area contributed by atoms with Gasteiger partial charge >= 0.3 is 0 Å². The van der Waals surface area contributed by atoms with E-state index in [1.54, 1.807) is 17.2 Å². The number of nitrogens with zero attached hydrogens (tertiary/aromatic N) is 2. The molecule has 0 aliphatic carbocycles. The summed E-state index contributed by atoms with van der Waals surface area (Å²) in [5.41, 5.74) is 2.16. The zero-order valence-electron chi connectivity index (χ0n) is 14.4. The predicted octanol–water partition coefficient (Wildman–Crippen LogP) is 4.06. The number of fused-ring (bicyclic) bond motifs is 1. The van der Waals surface area contributed by atoms with Gasteiger partial charge in [0.1, 0.15) is 18.1 Å². The Morgan fingerprint density at radius 2 is 2.07 bits per heavy atom. The Labute approximate surface area is 160 Å². The quantitative estimate of drug-likeness (QED) is 0.686. The van der Waals surface area contributed by atoms with Crippen molar-refractivity contribution in [3.8, 4) is 5.75 Å². The maximum absolute atomic E-state index is 13.7. The third-order valence-electron chi connectivity index (χ3n) is 4.41. The van der Waals surface area contributed by atoms with E-state index < -0.39 is 5.82 Å². The van der Waals surface area contributed by atoms with Crippen LogP contribution in [0.5, 0.6) is 5.75 Å². The molecule has 4 rings (SSSR count). The molecule has 0 saturated carbocycles. The number of carbonyl (C=O) groups excluding carboxylic acids is 1. The molecule has 1 N–H and O–H groups in total. The van der Waals surface area contributed by atoms with Crippen molar-refractivity contribution in [2.75, 3.05) is 24.6 Å². The Hall–Kier alpha value is -2.86. The van der Waals surface area contributed by atoms with E-state index in [1.807, 2.05) is 24.3 Å². The number of hydrogen-bond donors (Lipinski definition) is 1. The van der Waals surface area contributed by atoms with Crippen LogP contribution < -0.4 is 15.0 Å². The van der Waals surface area contributed by atoms with Gasteiger partial charge < -0.3 is 15.0 Å². The lowest BCUT2D eigenvalue weighted by Gasteiger charge is -2.26. The number of aromatic nitrogens is 1. The minimum atomic E-state index is -0.505. The van der Waals surface area contributed by atoms with E-state index in [0.29, 0.717) is 25.3 Å². The first kappa shape index (κ1) is 17.5. The Bertz CT molecular complexity index is 1010. The van der Waals surface area contributed by atoms with Crippen LogP contribution in [0, 0.1) is 5.82 Å². The summed E-state index contributed by atoms with van der Waals surface area (Å²) in [6, 6.07) is 11.9. The van der Waals surface area contributed by atoms with Crippen LogP contribution in [0.25, 0.3) is 10.9 Å². The normalized spacial score (nSPS) is 15.0. The second kappa shape index (κ2) is 7.40. The van der Waals surface area contributed by atoms with Crippen molar-refractivity contribution in [2.24, 2.45) is 0 Å². The lowest BCUT2D eigenvalue weighted by molar-refractivity contribution is -0.119. The molecule has 3 aromatic rings. The topological polar surface area (TPSA) is 54.5 Å². The molecule has 5 nitrogen and oxygen atoms in total. The first-order valence-electron chi connectivity index (χ1n) is 8.63. The molecule has 1 amide bonds. The van der Waals surface area contributed by atoms with Crippen molar-refractivity contribution < 1.29 is 13.9 Å². The van der Waals surface area contributed by atoms with Crippen LogP contribution in [-0.2, 0) is 4.79 Å². The summed E-state index contributed by atoms with van der Waals surface area (Å²) < 4.78 is 19.4. The van der Waals surface area contributed by atoms with E-state index >= 15 is 0 Å². The highest BCUT2D eigenvalue weighted by molar-refractivity contribution is 6.31. The molecule has 0 spiro atoms. The van der Waals surface area contributed by atoms with Crippen molar-refractivity contribution in [2.45, 2.75) is 6.42 Å². The molecule has 1 aliphatic heterocycles. The molecule has 0 atom stereocenters. The van der Waals surface area contributed by atoms with Crippen molar-refractivity contribution in [1.82, 2.24) is 10.3 Å². The average molecular weight is 386 g/mol. The van der Waals surface area contributed by atoms with Gasteiger partial charge in [-0.1, -0.05) is 11.6 Å². The highest BCUT2D eigenvalue weighted by Gasteiger charge is 2.19. The molecule has 0 unspecified atom stereocenters. The molecule has 27 heavy (non-hydrogen) atoms. The van der Waals surface area contributed by atoms with Gasteiger partial charge in [-0.2, -0.15) is 0 Å². The second-order valence-electron chi connectivity index (χ2n) is 6.25. The van der Waals surface area contributed by atoms with Gasteiger partial charge in [0.15, 0.2) is 0 Å². The summed E-state index contributed by atoms with van der Waals surface area (Å²) >= 11 is 5.98. The lowest BCUT2D eigenvalue weighted by atomic mass is 10.1. The standard InChI is InChI=1S/C20H17ClFN3O2/c21-16-10-13(2-4-17(16)22)25-12-20(26)24-7-1-9-27-14-3-5-18-15(11-14)19(25)6-8-23-18/h2-6,8,10-11H,1,7,9,12H2,(H,24,26). The van der Waals surface area contributed by atoms with Gasteiger partial charge in [0.05, 0.1) is 22.8 Å². The van der Waals surface area contributed by atoms with Crippen LogP contribution >= 0.6 is 11.6 Å². The number of carbonyl (C=O) groups is 1. The van der Waals surface area contributed by atoms with E-state index in [4.69, 9.17) is 16.3 Å². The van der Waals surface area contributed by atoms with E-state index in [0.717, 1.165) is 22.3 Å². The summed E-state index contributed by atoms with van der Waals surface area (Å²) in [7, 11) is 0. The molecule has 1 aromatic heterocycles. The number of halogens is 2. The molecule has 2 aromatic carbocycles. The van der Waals surface area contributed by atoms with Gasteiger partial charge in [0, 0.05) is 23.8 Å². The van der Waals surface area contributed by atoms with E-state index in [-0.39, 0.29) is 17.5 Å². The fourth-order valence-corrected chi connectivity index (χ4v) is 3.27. The van der Waals surface area contributed by atoms with Crippen molar-refractivity contribution in [1.29, 1.82) is 0 Å². The number of nitrogens with one attached hydrogen (secondary N) is 1. The highest BCUT2D eigenvalue weighted by Crippen LogP contribution is 2.34. The average Bonchev–Trinajstić information content (AvgIpc) is 2.67. The van der Waals surface area contributed by atoms with Gasteiger partial charge in [-0.25, -0.2) is 4.39 Å². The number of benzene rings is 2. The van der Waals surface area contributed by atoms with E-state index in [9.17, 15) is 9.18 Å². The van der Waals surface area contributed by atoms with Gasteiger partial charge in [-0.15, -0.1) is 0 Å². The number of hydrogen-bond acceptors (Lipinski definition) is 4. The molecule has 7 heteroatoms. The molecular formula is C20H17ClFN3O2. The molecular weight excluding hydrogens is 369 g/mol. The number of anilines is 2. The minimum absolute atomic E-state index is 0.00130. The largest absolute Gasteiger partial charge is 0.494 e.